The van der Waals surface area contributed by atoms with Gasteiger partial charge in [-0.05, 0) is 59.4 Å². The van der Waals surface area contributed by atoms with E-state index in [0.717, 1.165) is 25.7 Å². The van der Waals surface area contributed by atoms with Crippen LogP contribution in [0.4, 0.5) is 0 Å². The number of hydrogen-bond donors (Lipinski definition) is 3. The summed E-state index contributed by atoms with van der Waals surface area (Å²) in [6, 6.07) is -0.105. The minimum absolute atomic E-state index is 0.0771. The smallest absolute Gasteiger partial charge is 0.243 e. The lowest BCUT2D eigenvalue weighted by atomic mass is 9.97. The van der Waals surface area contributed by atoms with E-state index in [0.29, 0.717) is 18.9 Å². The summed E-state index contributed by atoms with van der Waals surface area (Å²) in [5, 5.41) is 16.7. The molecule has 0 spiro atoms. The van der Waals surface area contributed by atoms with Crippen molar-refractivity contribution >= 4 is 5.91 Å². The molecule has 7 unspecified atom stereocenters. The number of likely N-dealkylation sites (N-methyl/N-ethyl adjacent to an activating group) is 1. The molecule has 0 aromatic rings. The molecule has 6 nitrogen and oxygen atoms in total. The number of carbonyl (C=O) groups is 1. The lowest BCUT2D eigenvalue weighted by Gasteiger charge is -2.39. The third-order valence-electron chi connectivity index (χ3n) is 6.96. The molecule has 6 heteroatoms. The van der Waals surface area contributed by atoms with Crippen molar-refractivity contribution in [3.05, 3.63) is 59.8 Å². The second kappa shape index (κ2) is 16.0. The highest BCUT2D eigenvalue weighted by atomic mass is 16.7. The predicted molar refractivity (Wildman–Crippen MR) is 147 cm³/mol. The highest BCUT2D eigenvalue weighted by Gasteiger charge is 2.36. The molecule has 2 aliphatic rings. The Morgan fingerprint density at radius 3 is 2.64 bits per heavy atom. The van der Waals surface area contributed by atoms with Crippen molar-refractivity contribution in [3.8, 4) is 0 Å². The summed E-state index contributed by atoms with van der Waals surface area (Å²) in [5.41, 5.74) is 2.62. The van der Waals surface area contributed by atoms with E-state index in [1.165, 1.54) is 11.1 Å². The van der Waals surface area contributed by atoms with E-state index in [4.69, 9.17) is 9.47 Å². The Morgan fingerprint density at radius 2 is 1.92 bits per heavy atom. The van der Waals surface area contributed by atoms with E-state index < -0.39 is 12.4 Å². The topological polar surface area (TPSA) is 79.8 Å². The second-order valence-electron chi connectivity index (χ2n) is 10.5. The highest BCUT2D eigenvalue weighted by Crippen LogP contribution is 2.26. The zero-order chi connectivity index (χ0) is 26.5. The number of ether oxygens (including phenoxy) is 2. The lowest BCUT2D eigenvalue weighted by molar-refractivity contribution is -0.241. The van der Waals surface area contributed by atoms with Crippen molar-refractivity contribution in [2.75, 3.05) is 13.6 Å². The van der Waals surface area contributed by atoms with Crippen molar-refractivity contribution < 1.29 is 19.4 Å². The molecule has 0 saturated carbocycles. The first-order valence-electron chi connectivity index (χ1n) is 13.5. The van der Waals surface area contributed by atoms with Crippen LogP contribution in [0.25, 0.3) is 0 Å². The van der Waals surface area contributed by atoms with Crippen LogP contribution >= 0.6 is 0 Å². The first-order chi connectivity index (χ1) is 17.2. The van der Waals surface area contributed by atoms with Crippen LogP contribution in [0.2, 0.25) is 0 Å². The number of hydrogen-bond acceptors (Lipinski definition) is 5. The predicted octanol–water partition coefficient (Wildman–Crippen LogP) is 4.98. The quantitative estimate of drug-likeness (QED) is 0.477. The Balaban J connectivity index is 2.18. The van der Waals surface area contributed by atoms with Crippen molar-refractivity contribution in [3.63, 3.8) is 0 Å². The number of amides is 1. The van der Waals surface area contributed by atoms with Gasteiger partial charge in [0, 0.05) is 25.0 Å². The summed E-state index contributed by atoms with van der Waals surface area (Å²) in [5.74, 6) is 0.435. The monoisotopic (exact) mass is 500 g/mol. The SMILES string of the molecule is CNC1C(O)CC(OC2C/C=C(/C)C/C(C)=C\C=C/CCC(C)CNC(=O)/C=C\C=C/C2C)OC1C. The van der Waals surface area contributed by atoms with Crippen molar-refractivity contribution in [2.24, 2.45) is 11.8 Å². The number of aliphatic hydroxyl groups is 1. The van der Waals surface area contributed by atoms with Gasteiger partial charge < -0.3 is 25.2 Å². The molecule has 2 aliphatic heterocycles. The van der Waals surface area contributed by atoms with Crippen LogP contribution in [0.3, 0.4) is 0 Å². The Kier molecular flexibility index (Phi) is 13.4. The fourth-order valence-electron chi connectivity index (χ4n) is 4.68. The number of rotatable bonds is 3. The largest absolute Gasteiger partial charge is 0.391 e. The summed E-state index contributed by atoms with van der Waals surface area (Å²) >= 11 is 0. The third kappa shape index (κ3) is 11.0. The second-order valence-corrected chi connectivity index (χ2v) is 10.5. The fraction of sp³-hybridized carbons (Fsp3) is 0.633. The average Bonchev–Trinajstić information content (AvgIpc) is 2.82. The van der Waals surface area contributed by atoms with Crippen LogP contribution in [0.5, 0.6) is 0 Å². The first kappa shape index (κ1) is 30.2. The third-order valence-corrected chi connectivity index (χ3v) is 6.96. The number of aliphatic hydroxyl groups excluding tert-OH is 1. The molecule has 1 amide bonds. The van der Waals surface area contributed by atoms with E-state index in [1.807, 2.05) is 20.0 Å². The number of carbonyl (C=O) groups excluding carboxylic acids is 1. The molecule has 1 fully saturated rings. The van der Waals surface area contributed by atoms with E-state index in [9.17, 15) is 9.90 Å². The van der Waals surface area contributed by atoms with E-state index >= 15 is 0 Å². The Morgan fingerprint density at radius 1 is 1.14 bits per heavy atom. The minimum Gasteiger partial charge on any atom is -0.391 e. The Bertz CT molecular complexity index is 817. The van der Waals surface area contributed by atoms with Crippen LogP contribution in [-0.2, 0) is 14.3 Å². The van der Waals surface area contributed by atoms with Crippen molar-refractivity contribution in [1.82, 2.24) is 10.6 Å². The van der Waals surface area contributed by atoms with Crippen LogP contribution < -0.4 is 10.6 Å². The van der Waals surface area contributed by atoms with Crippen molar-refractivity contribution in [2.45, 2.75) is 97.4 Å². The molecule has 202 valence electrons. The summed E-state index contributed by atoms with van der Waals surface area (Å²) in [4.78, 5) is 12.2. The average molecular weight is 501 g/mol. The maximum Gasteiger partial charge on any atom is 0.243 e. The van der Waals surface area contributed by atoms with Gasteiger partial charge in [-0.3, -0.25) is 4.79 Å². The first-order valence-corrected chi connectivity index (χ1v) is 13.5. The highest BCUT2D eigenvalue weighted by molar-refractivity contribution is 5.87. The molecule has 0 bridgehead atoms. The summed E-state index contributed by atoms with van der Waals surface area (Å²) in [6.07, 6.45) is 19.0. The minimum atomic E-state index is -0.524. The van der Waals surface area contributed by atoms with E-state index in [-0.39, 0.29) is 30.1 Å². The summed E-state index contributed by atoms with van der Waals surface area (Å²) < 4.78 is 12.5. The van der Waals surface area contributed by atoms with Gasteiger partial charge in [-0.25, -0.2) is 0 Å². The van der Waals surface area contributed by atoms with Gasteiger partial charge in [-0.1, -0.05) is 67.5 Å². The molecule has 36 heavy (non-hydrogen) atoms. The van der Waals surface area contributed by atoms with Gasteiger partial charge in [0.05, 0.1) is 24.4 Å². The van der Waals surface area contributed by atoms with Crippen LogP contribution in [0.15, 0.2) is 59.8 Å². The van der Waals surface area contributed by atoms with E-state index in [1.54, 1.807) is 12.2 Å². The molecule has 2 rings (SSSR count). The molecular formula is C30H48N2O4. The summed E-state index contributed by atoms with van der Waals surface area (Å²) in [7, 11) is 1.84. The van der Waals surface area contributed by atoms with Gasteiger partial charge in [0.1, 0.15) is 0 Å². The normalized spacial score (nSPS) is 39.5. The fourth-order valence-corrected chi connectivity index (χ4v) is 4.68. The van der Waals surface area contributed by atoms with Crippen LogP contribution in [0, 0.1) is 11.8 Å². The molecule has 0 aromatic heterocycles. The van der Waals surface area contributed by atoms with Crippen molar-refractivity contribution in [1.29, 1.82) is 0 Å². The molecule has 1 saturated heterocycles. The van der Waals surface area contributed by atoms with Gasteiger partial charge in [-0.15, -0.1) is 0 Å². The molecular weight excluding hydrogens is 452 g/mol. The van der Waals surface area contributed by atoms with Crippen LogP contribution in [-0.4, -0.2) is 55.2 Å². The van der Waals surface area contributed by atoms with E-state index in [2.05, 4.69) is 68.7 Å². The maximum atomic E-state index is 12.2. The molecule has 3 N–H and O–H groups in total. The molecule has 0 radical (unpaired) electrons. The number of nitrogens with one attached hydrogen (secondary N) is 2. The molecule has 7 atom stereocenters. The molecule has 0 aromatic carbocycles. The van der Waals surface area contributed by atoms with Gasteiger partial charge >= 0.3 is 0 Å². The lowest BCUT2D eigenvalue weighted by Crippen LogP contribution is -2.54. The molecule has 2 heterocycles. The Hall–Kier alpha value is -1.99. The summed E-state index contributed by atoms with van der Waals surface area (Å²) in [6.45, 7) is 11.2. The van der Waals surface area contributed by atoms with Gasteiger partial charge in [0.15, 0.2) is 6.29 Å². The maximum absolute atomic E-state index is 12.2. The van der Waals surface area contributed by atoms with Gasteiger partial charge in [0.25, 0.3) is 0 Å². The zero-order valence-electron chi connectivity index (χ0n) is 23.1. The van der Waals surface area contributed by atoms with Crippen LogP contribution in [0.1, 0.15) is 66.7 Å². The molecule has 0 aliphatic carbocycles. The van der Waals surface area contributed by atoms with Gasteiger partial charge in [0.2, 0.25) is 5.91 Å². The number of allylic oxidation sites excluding steroid dienone is 7. The Labute approximate surface area is 218 Å². The standard InChI is InChI=1S/C30H48N2O4/c1-21-12-8-7-9-13-23(3)20-32-28(34)15-11-10-14-24(4)27(17-16-22(2)18-21)36-29-19-26(33)30(31-6)25(5)35-29/h7-8,10-12,14-16,23-27,29-31,33H,9,13,17-20H2,1-6H3,(H,32,34)/b8-7-,14-10-,15-11-,21-12-,22-16-. The zero-order valence-corrected chi connectivity index (χ0v) is 23.1. The van der Waals surface area contributed by atoms with Gasteiger partial charge in [-0.2, -0.15) is 0 Å².